The standard InChI is InChI=1S/C25H30ClN7O6S/c1-31(2)25(37)13-4-6-15(27-21(34)22(35)28-16-7-5-14(26)11-19(16)33(38)39)18(10-13)29-23(36)24-30-17-8-9-32(3)12-20(17)40-24/h5,7,11,13,15,18H,4,6,8-10,12H2,1-3H3,(H,27,34)(H,28,35)(H,29,36)/t13-,15-,18+/m0/s1. The number of aromatic nitrogens is 1. The summed E-state index contributed by atoms with van der Waals surface area (Å²) in [5.41, 5.74) is 0.257. The van der Waals surface area contributed by atoms with Crippen molar-refractivity contribution in [2.24, 2.45) is 5.92 Å². The molecule has 4 amide bonds. The van der Waals surface area contributed by atoms with Gasteiger partial charge < -0.3 is 25.8 Å². The van der Waals surface area contributed by atoms with E-state index in [1.54, 1.807) is 14.1 Å². The van der Waals surface area contributed by atoms with Gasteiger partial charge in [-0.15, -0.1) is 11.3 Å². The molecule has 1 fully saturated rings. The number of amides is 4. The van der Waals surface area contributed by atoms with E-state index in [9.17, 15) is 29.3 Å². The number of hydrogen-bond acceptors (Lipinski definition) is 9. The van der Waals surface area contributed by atoms with Crippen molar-refractivity contribution in [1.82, 2.24) is 25.4 Å². The van der Waals surface area contributed by atoms with Gasteiger partial charge in [-0.05, 0) is 38.4 Å². The summed E-state index contributed by atoms with van der Waals surface area (Å²) in [6.45, 7) is 1.56. The van der Waals surface area contributed by atoms with Crippen molar-refractivity contribution in [1.29, 1.82) is 0 Å². The second-order valence-corrected chi connectivity index (χ2v) is 11.7. The molecule has 2 aliphatic rings. The summed E-state index contributed by atoms with van der Waals surface area (Å²) in [6.07, 6.45) is 1.77. The summed E-state index contributed by atoms with van der Waals surface area (Å²) < 4.78 is 0. The van der Waals surface area contributed by atoms with Crippen LogP contribution in [0.4, 0.5) is 11.4 Å². The van der Waals surface area contributed by atoms with E-state index in [0.29, 0.717) is 24.4 Å². The van der Waals surface area contributed by atoms with Crippen molar-refractivity contribution in [3.8, 4) is 0 Å². The van der Waals surface area contributed by atoms with Crippen molar-refractivity contribution < 1.29 is 24.1 Å². The van der Waals surface area contributed by atoms with E-state index in [2.05, 4.69) is 25.8 Å². The number of anilines is 1. The smallest absolute Gasteiger partial charge is 0.313 e. The predicted molar refractivity (Wildman–Crippen MR) is 148 cm³/mol. The van der Waals surface area contributed by atoms with Crippen LogP contribution in [0.2, 0.25) is 5.02 Å². The maximum Gasteiger partial charge on any atom is 0.313 e. The van der Waals surface area contributed by atoms with Crippen molar-refractivity contribution in [3.63, 3.8) is 0 Å². The molecule has 0 spiro atoms. The third-order valence-corrected chi connectivity index (χ3v) is 8.32. The number of fused-ring (bicyclic) bond motifs is 1. The fraction of sp³-hybridized carbons (Fsp3) is 0.480. The largest absolute Gasteiger partial charge is 0.349 e. The number of thiazole rings is 1. The molecule has 3 N–H and O–H groups in total. The fourth-order valence-corrected chi connectivity index (χ4v) is 6.17. The topological polar surface area (TPSA) is 167 Å². The minimum atomic E-state index is -1.11. The molecule has 0 unspecified atom stereocenters. The molecule has 1 aliphatic heterocycles. The molecule has 40 heavy (non-hydrogen) atoms. The number of nitrogens with one attached hydrogen (secondary N) is 3. The quantitative estimate of drug-likeness (QED) is 0.260. The molecule has 2 heterocycles. The van der Waals surface area contributed by atoms with E-state index in [4.69, 9.17) is 11.6 Å². The van der Waals surface area contributed by atoms with Gasteiger partial charge in [0.05, 0.1) is 16.7 Å². The molecule has 1 aromatic heterocycles. The predicted octanol–water partition coefficient (Wildman–Crippen LogP) is 1.80. The average Bonchev–Trinajstić information content (AvgIpc) is 3.33. The third-order valence-electron chi connectivity index (χ3n) is 7.00. The molecule has 15 heteroatoms. The lowest BCUT2D eigenvalue weighted by atomic mass is 9.81. The van der Waals surface area contributed by atoms with Gasteiger partial charge in [0, 0.05) is 61.5 Å². The Morgan fingerprint density at radius 2 is 1.90 bits per heavy atom. The number of carbonyl (C=O) groups excluding carboxylic acids is 4. The Morgan fingerprint density at radius 3 is 2.60 bits per heavy atom. The Bertz CT molecular complexity index is 1350. The Balaban J connectivity index is 1.48. The van der Waals surface area contributed by atoms with Gasteiger partial charge in [-0.25, -0.2) is 4.98 Å². The van der Waals surface area contributed by atoms with Crippen LogP contribution < -0.4 is 16.0 Å². The molecule has 0 radical (unpaired) electrons. The summed E-state index contributed by atoms with van der Waals surface area (Å²) in [4.78, 5) is 71.2. The number of carbonyl (C=O) groups is 4. The summed E-state index contributed by atoms with van der Waals surface area (Å²) in [5.74, 6) is -3.02. The van der Waals surface area contributed by atoms with E-state index in [0.717, 1.165) is 29.6 Å². The van der Waals surface area contributed by atoms with Crippen molar-refractivity contribution >= 4 is 57.9 Å². The van der Waals surface area contributed by atoms with Crippen LogP contribution >= 0.6 is 22.9 Å². The molecule has 1 aliphatic carbocycles. The molecule has 4 rings (SSSR count). The number of hydrogen-bond donors (Lipinski definition) is 3. The summed E-state index contributed by atoms with van der Waals surface area (Å²) in [5, 5.41) is 19.6. The highest BCUT2D eigenvalue weighted by molar-refractivity contribution is 7.13. The van der Waals surface area contributed by atoms with Crippen molar-refractivity contribution in [2.75, 3.05) is 33.0 Å². The first kappa shape index (κ1) is 29.4. The van der Waals surface area contributed by atoms with Crippen LogP contribution in [-0.4, -0.2) is 83.1 Å². The molecule has 13 nitrogen and oxygen atoms in total. The number of nitrogens with zero attached hydrogens (tertiary/aromatic N) is 4. The van der Waals surface area contributed by atoms with Gasteiger partial charge >= 0.3 is 11.8 Å². The Labute approximate surface area is 239 Å². The monoisotopic (exact) mass is 591 g/mol. The molecule has 214 valence electrons. The normalized spacial score (nSPS) is 20.6. The zero-order valence-corrected chi connectivity index (χ0v) is 23.8. The van der Waals surface area contributed by atoms with Gasteiger partial charge in [0.25, 0.3) is 11.6 Å². The average molecular weight is 592 g/mol. The van der Waals surface area contributed by atoms with Crippen LogP contribution in [0.1, 0.15) is 39.6 Å². The van der Waals surface area contributed by atoms with Crippen LogP contribution in [-0.2, 0) is 27.3 Å². The number of halogens is 1. The first-order valence-corrected chi connectivity index (χ1v) is 13.9. The zero-order valence-electron chi connectivity index (χ0n) is 22.2. The molecule has 1 aromatic carbocycles. The summed E-state index contributed by atoms with van der Waals surface area (Å²) in [7, 11) is 5.31. The van der Waals surface area contributed by atoms with Gasteiger partial charge in [0.1, 0.15) is 5.69 Å². The second-order valence-electron chi connectivity index (χ2n) is 10.2. The number of rotatable bonds is 6. The molecule has 0 bridgehead atoms. The van der Waals surface area contributed by atoms with Gasteiger partial charge in [0.15, 0.2) is 5.01 Å². The lowest BCUT2D eigenvalue weighted by Gasteiger charge is -2.37. The van der Waals surface area contributed by atoms with Gasteiger partial charge in [-0.2, -0.15) is 0 Å². The van der Waals surface area contributed by atoms with E-state index >= 15 is 0 Å². The Hall–Kier alpha value is -3.62. The lowest BCUT2D eigenvalue weighted by molar-refractivity contribution is -0.383. The SMILES string of the molecule is CN1CCc2nc(C(=O)N[C@@H]3C[C@@H](C(=O)N(C)C)CC[C@@H]3NC(=O)C(=O)Nc3ccc(Cl)cc3[N+](=O)[O-])sc2C1. The third kappa shape index (κ3) is 6.74. The molecular weight excluding hydrogens is 562 g/mol. The first-order valence-electron chi connectivity index (χ1n) is 12.7. The number of nitro groups is 1. The number of benzene rings is 1. The molecular formula is C25H30ClN7O6S. The van der Waals surface area contributed by atoms with Crippen LogP contribution in [0, 0.1) is 16.0 Å². The molecule has 3 atom stereocenters. The second kappa shape index (κ2) is 12.3. The van der Waals surface area contributed by atoms with Crippen molar-refractivity contribution in [2.45, 2.75) is 44.3 Å². The summed E-state index contributed by atoms with van der Waals surface area (Å²) in [6, 6.07) is 2.34. The van der Waals surface area contributed by atoms with E-state index in [-0.39, 0.29) is 29.0 Å². The summed E-state index contributed by atoms with van der Waals surface area (Å²) >= 11 is 7.13. The minimum Gasteiger partial charge on any atom is -0.349 e. The molecule has 1 saturated carbocycles. The maximum atomic E-state index is 13.2. The maximum absolute atomic E-state index is 13.2. The lowest BCUT2D eigenvalue weighted by Crippen LogP contribution is -2.57. The van der Waals surface area contributed by atoms with Crippen LogP contribution in [0.25, 0.3) is 0 Å². The number of likely N-dealkylation sites (N-methyl/N-ethyl adjacent to an activating group) is 1. The molecule has 0 saturated heterocycles. The molecule has 2 aromatic rings. The van der Waals surface area contributed by atoms with Crippen LogP contribution in [0.15, 0.2) is 18.2 Å². The first-order chi connectivity index (χ1) is 18.9. The fourth-order valence-electron chi connectivity index (χ4n) is 4.92. The number of nitro benzene ring substituents is 1. The Kier molecular flexibility index (Phi) is 9.01. The highest BCUT2D eigenvalue weighted by atomic mass is 35.5. The van der Waals surface area contributed by atoms with Crippen LogP contribution in [0.5, 0.6) is 0 Å². The highest BCUT2D eigenvalue weighted by Crippen LogP contribution is 2.30. The zero-order chi connectivity index (χ0) is 29.1. The van der Waals surface area contributed by atoms with Crippen LogP contribution in [0.3, 0.4) is 0 Å². The van der Waals surface area contributed by atoms with Crippen molar-refractivity contribution in [3.05, 3.63) is 48.9 Å². The van der Waals surface area contributed by atoms with Gasteiger partial charge in [0.2, 0.25) is 5.91 Å². The van der Waals surface area contributed by atoms with E-state index in [1.165, 1.54) is 28.4 Å². The van der Waals surface area contributed by atoms with Gasteiger partial charge in [-0.3, -0.25) is 29.3 Å². The Morgan fingerprint density at radius 1 is 1.15 bits per heavy atom. The van der Waals surface area contributed by atoms with E-state index < -0.39 is 40.4 Å². The van der Waals surface area contributed by atoms with E-state index in [1.807, 2.05) is 7.05 Å². The highest BCUT2D eigenvalue weighted by Gasteiger charge is 2.38. The van der Waals surface area contributed by atoms with Gasteiger partial charge in [-0.1, -0.05) is 11.6 Å². The minimum absolute atomic E-state index is 0.0930.